The highest BCUT2D eigenvalue weighted by Gasteiger charge is 2.27. The second kappa shape index (κ2) is 8.93. The van der Waals surface area contributed by atoms with Gasteiger partial charge in [-0.15, -0.1) is 0 Å². The first-order valence-corrected chi connectivity index (χ1v) is 6.66. The number of aromatic carboxylic acids is 1. The van der Waals surface area contributed by atoms with Crippen LogP contribution in [-0.4, -0.2) is 28.6 Å². The maximum absolute atomic E-state index is 11.4. The molecule has 1 N–H and O–H groups in total. The van der Waals surface area contributed by atoms with E-state index >= 15 is 0 Å². The van der Waals surface area contributed by atoms with Gasteiger partial charge >= 0.3 is 11.9 Å². The molecule has 0 heterocycles. The van der Waals surface area contributed by atoms with E-state index in [4.69, 9.17) is 5.11 Å². The lowest BCUT2D eigenvalue weighted by molar-refractivity contribution is -0.385. The van der Waals surface area contributed by atoms with Gasteiger partial charge < -0.3 is 9.84 Å². The Morgan fingerprint density at radius 3 is 2.00 bits per heavy atom. The number of carboxylic acids is 1. The summed E-state index contributed by atoms with van der Waals surface area (Å²) in [6, 6.07) is 15.4. The van der Waals surface area contributed by atoms with Crippen LogP contribution in [0.1, 0.15) is 27.6 Å². The van der Waals surface area contributed by atoms with E-state index in [1.54, 1.807) is 6.92 Å². The molecule has 0 fully saturated rings. The molecule has 0 aromatic heterocycles. The fraction of sp³-hybridized carbons (Fsp3) is 0.125. The largest absolute Gasteiger partial charge is 0.477 e. The zero-order chi connectivity index (χ0) is 17.2. The molecule has 7 heteroatoms. The molecule has 2 aromatic carbocycles. The molecule has 0 spiro atoms. The van der Waals surface area contributed by atoms with Crippen molar-refractivity contribution in [2.24, 2.45) is 0 Å². The van der Waals surface area contributed by atoms with Crippen LogP contribution < -0.4 is 0 Å². The van der Waals surface area contributed by atoms with Gasteiger partial charge in [-0.3, -0.25) is 10.1 Å². The van der Waals surface area contributed by atoms with Gasteiger partial charge in [-0.1, -0.05) is 42.5 Å². The van der Waals surface area contributed by atoms with Crippen molar-refractivity contribution in [3.8, 4) is 0 Å². The van der Waals surface area contributed by atoms with Crippen LogP contribution in [0.5, 0.6) is 0 Å². The van der Waals surface area contributed by atoms with Crippen LogP contribution in [0.25, 0.3) is 0 Å². The van der Waals surface area contributed by atoms with Crippen LogP contribution in [0, 0.1) is 10.1 Å². The quantitative estimate of drug-likeness (QED) is 0.527. The van der Waals surface area contributed by atoms with Gasteiger partial charge in [0, 0.05) is 6.07 Å². The van der Waals surface area contributed by atoms with E-state index in [1.165, 1.54) is 12.1 Å². The van der Waals surface area contributed by atoms with Crippen molar-refractivity contribution in [3.05, 3.63) is 75.8 Å². The summed E-state index contributed by atoms with van der Waals surface area (Å²) in [4.78, 5) is 32.2. The van der Waals surface area contributed by atoms with Crippen molar-refractivity contribution in [2.75, 3.05) is 6.61 Å². The average Bonchev–Trinajstić information content (AvgIpc) is 2.56. The average molecular weight is 317 g/mol. The Hall–Kier alpha value is -3.22. The van der Waals surface area contributed by atoms with Gasteiger partial charge in [-0.05, 0) is 13.0 Å². The van der Waals surface area contributed by atoms with E-state index in [2.05, 4.69) is 4.74 Å². The Morgan fingerprint density at radius 1 is 1.09 bits per heavy atom. The van der Waals surface area contributed by atoms with E-state index in [0.717, 1.165) is 6.07 Å². The normalized spacial score (nSPS) is 9.26. The number of rotatable bonds is 4. The van der Waals surface area contributed by atoms with Gasteiger partial charge in [0.05, 0.1) is 17.1 Å². The molecule has 0 aliphatic carbocycles. The highest BCUT2D eigenvalue weighted by Crippen LogP contribution is 2.23. The standard InChI is InChI=1S/C10H9NO6.C6H6/c1-2-17-10(14)6-4-3-5-7(11(15)16)8(6)9(12)13;1-2-4-6-5-3-1/h3-5H,2H2,1H3,(H,12,13);1-6H. The summed E-state index contributed by atoms with van der Waals surface area (Å²) in [6.45, 7) is 1.61. The number of hydrogen-bond donors (Lipinski definition) is 1. The van der Waals surface area contributed by atoms with Gasteiger partial charge in [0.25, 0.3) is 5.69 Å². The summed E-state index contributed by atoms with van der Waals surface area (Å²) in [5, 5.41) is 19.5. The summed E-state index contributed by atoms with van der Waals surface area (Å²) in [6.07, 6.45) is 0. The predicted octanol–water partition coefficient (Wildman–Crippen LogP) is 3.16. The van der Waals surface area contributed by atoms with Crippen molar-refractivity contribution in [2.45, 2.75) is 6.92 Å². The van der Waals surface area contributed by atoms with Gasteiger partial charge in [-0.25, -0.2) is 9.59 Å². The van der Waals surface area contributed by atoms with Gasteiger partial charge in [0.2, 0.25) is 0 Å². The third kappa shape index (κ3) is 5.24. The Morgan fingerprint density at radius 2 is 1.61 bits per heavy atom. The number of benzene rings is 2. The number of nitro groups is 1. The predicted molar refractivity (Wildman–Crippen MR) is 82.5 cm³/mol. The minimum Gasteiger partial charge on any atom is -0.477 e. The topological polar surface area (TPSA) is 107 Å². The summed E-state index contributed by atoms with van der Waals surface area (Å²) in [5.74, 6) is -2.44. The number of carbonyl (C=O) groups is 2. The second-order valence-electron chi connectivity index (χ2n) is 4.14. The number of hydrogen-bond acceptors (Lipinski definition) is 5. The van der Waals surface area contributed by atoms with E-state index in [0.29, 0.717) is 0 Å². The van der Waals surface area contributed by atoms with E-state index < -0.39 is 28.1 Å². The van der Waals surface area contributed by atoms with Gasteiger partial charge in [0.15, 0.2) is 5.56 Å². The molecule has 0 unspecified atom stereocenters. The number of carboxylic acid groups (broad SMARTS) is 1. The fourth-order valence-corrected chi connectivity index (χ4v) is 1.68. The molecule has 23 heavy (non-hydrogen) atoms. The summed E-state index contributed by atoms with van der Waals surface area (Å²) < 4.78 is 4.63. The van der Waals surface area contributed by atoms with Crippen molar-refractivity contribution in [1.82, 2.24) is 0 Å². The number of carbonyl (C=O) groups excluding carboxylic acids is 1. The summed E-state index contributed by atoms with van der Waals surface area (Å²) in [5.41, 5.74) is -1.62. The van der Waals surface area contributed by atoms with Crippen molar-refractivity contribution in [3.63, 3.8) is 0 Å². The molecule has 0 amide bonds. The minimum absolute atomic E-state index is 0.0561. The number of ether oxygens (including phenoxy) is 1. The third-order valence-electron chi connectivity index (χ3n) is 2.62. The van der Waals surface area contributed by atoms with E-state index in [9.17, 15) is 19.7 Å². The first-order chi connectivity index (χ1) is 11.0. The van der Waals surface area contributed by atoms with Crippen LogP contribution >= 0.6 is 0 Å². The molecule has 0 radical (unpaired) electrons. The van der Waals surface area contributed by atoms with Crippen molar-refractivity contribution >= 4 is 17.6 Å². The first kappa shape index (κ1) is 17.8. The lowest BCUT2D eigenvalue weighted by Crippen LogP contribution is -2.13. The third-order valence-corrected chi connectivity index (χ3v) is 2.62. The van der Waals surface area contributed by atoms with Crippen LogP contribution in [0.15, 0.2) is 54.6 Å². The summed E-state index contributed by atoms with van der Waals surface area (Å²) in [7, 11) is 0. The highest BCUT2D eigenvalue weighted by molar-refractivity contribution is 6.05. The molecule has 0 bridgehead atoms. The van der Waals surface area contributed by atoms with Crippen molar-refractivity contribution in [1.29, 1.82) is 0 Å². The molecule has 2 aromatic rings. The Labute approximate surface area is 132 Å². The maximum atomic E-state index is 11.4. The molecule has 0 atom stereocenters. The Bertz CT molecular complexity index is 658. The summed E-state index contributed by atoms with van der Waals surface area (Å²) >= 11 is 0. The fourth-order valence-electron chi connectivity index (χ4n) is 1.68. The van der Waals surface area contributed by atoms with Crippen LogP contribution in [0.3, 0.4) is 0 Å². The van der Waals surface area contributed by atoms with Crippen LogP contribution in [-0.2, 0) is 4.74 Å². The van der Waals surface area contributed by atoms with Crippen molar-refractivity contribution < 1.29 is 24.4 Å². The van der Waals surface area contributed by atoms with Crippen LogP contribution in [0.4, 0.5) is 5.69 Å². The smallest absolute Gasteiger partial charge is 0.343 e. The number of nitrogens with zero attached hydrogens (tertiary/aromatic N) is 1. The van der Waals surface area contributed by atoms with E-state index in [-0.39, 0.29) is 12.2 Å². The lowest BCUT2D eigenvalue weighted by Gasteiger charge is -2.05. The van der Waals surface area contributed by atoms with Crippen LogP contribution in [0.2, 0.25) is 0 Å². The zero-order valence-corrected chi connectivity index (χ0v) is 12.3. The molecular weight excluding hydrogens is 302 g/mol. The number of esters is 1. The molecule has 0 aliphatic heterocycles. The zero-order valence-electron chi connectivity index (χ0n) is 12.3. The number of nitro benzene ring substituents is 1. The Kier molecular flexibility index (Phi) is 6.93. The SMILES string of the molecule is CCOC(=O)c1cccc([N+](=O)[O-])c1C(=O)O.c1ccccc1. The highest BCUT2D eigenvalue weighted by atomic mass is 16.6. The molecular formula is C16H15NO6. The second-order valence-corrected chi connectivity index (χ2v) is 4.14. The Balaban J connectivity index is 0.000000366. The monoisotopic (exact) mass is 317 g/mol. The van der Waals surface area contributed by atoms with Gasteiger partial charge in [0.1, 0.15) is 0 Å². The molecule has 120 valence electrons. The lowest BCUT2D eigenvalue weighted by atomic mass is 10.1. The minimum atomic E-state index is -1.54. The molecule has 2 rings (SSSR count). The van der Waals surface area contributed by atoms with Gasteiger partial charge in [-0.2, -0.15) is 0 Å². The molecule has 0 saturated carbocycles. The maximum Gasteiger partial charge on any atom is 0.343 e. The van der Waals surface area contributed by atoms with E-state index in [1.807, 2.05) is 36.4 Å². The molecule has 0 saturated heterocycles. The first-order valence-electron chi connectivity index (χ1n) is 6.66. The molecule has 0 aliphatic rings. The molecule has 7 nitrogen and oxygen atoms in total.